The van der Waals surface area contributed by atoms with Gasteiger partial charge in [-0.1, -0.05) is 0 Å². The summed E-state index contributed by atoms with van der Waals surface area (Å²) in [4.78, 5) is 22.7. The van der Waals surface area contributed by atoms with Crippen LogP contribution >= 0.6 is 0 Å². The topological polar surface area (TPSA) is 290 Å². The van der Waals surface area contributed by atoms with Crippen molar-refractivity contribution >= 4 is 32.7 Å². The minimum absolute atomic E-state index is 0. The summed E-state index contributed by atoms with van der Waals surface area (Å²) < 4.78 is 90.3. The number of hydrogen-bond donors (Lipinski definition) is 4. The number of carboxylic acids is 1. The van der Waals surface area contributed by atoms with Gasteiger partial charge in [-0.25, -0.2) is 16.8 Å². The van der Waals surface area contributed by atoms with Crippen molar-refractivity contribution in [2.75, 3.05) is 6.61 Å². The zero-order valence-corrected chi connectivity index (χ0v) is 27.4. The van der Waals surface area contributed by atoms with E-state index in [0.29, 0.717) is 6.08 Å². The molecule has 2 heterocycles. The molecule has 0 saturated carbocycles. The second-order valence-electron chi connectivity index (χ2n) is 6.81. The van der Waals surface area contributed by atoms with Crippen LogP contribution in [0.3, 0.4) is 0 Å². The zero-order valence-electron chi connectivity index (χ0n) is 19.8. The average molecular weight is 605 g/mol. The Morgan fingerprint density at radius 3 is 1.97 bits per heavy atom. The number of aliphatic hydroxyl groups is 3. The normalized spacial score (nSPS) is 31.8. The molecule has 1 fully saturated rings. The average Bonchev–Trinajstić information content (AvgIpc) is 2.66. The summed E-state index contributed by atoms with van der Waals surface area (Å²) in [6, 6.07) is -1.82. The van der Waals surface area contributed by atoms with Gasteiger partial charge in [-0.3, -0.25) is 13.2 Å². The number of nitrogens with one attached hydrogen (secondary N) is 1. The van der Waals surface area contributed by atoms with E-state index >= 15 is 0 Å². The molecule has 0 bridgehead atoms. The van der Waals surface area contributed by atoms with E-state index in [-0.39, 0.29) is 88.7 Å². The first-order chi connectivity index (χ1) is 15.5. The standard InChI is InChI=1S/C14H21NO17S2.3Na/c1-4(17)15-8-11(10(32-34(25,26)27)7(3-16)28-13(8)21)30-14-9(31-33(22,23)24)5(18)2-6(29-14)12(19)20;;;/h2,5,7-11,13-14,16,18,21H,3H2,1H3,(H,15,17)(H,19,20)(H,22,23,24)(H,25,26,27);;;/q;3*+1/p-3/t5-,7+,8+,9+,10-,11+,13?,14?;;;/m0.../s1. The van der Waals surface area contributed by atoms with Crippen molar-refractivity contribution in [1.29, 1.82) is 0 Å². The number of carboxylic acid groups (broad SMARTS) is 1. The maximum absolute atomic E-state index is 11.6. The van der Waals surface area contributed by atoms with Gasteiger partial charge >= 0.3 is 88.7 Å². The number of hydrogen-bond acceptors (Lipinski definition) is 17. The minimum Gasteiger partial charge on any atom is -0.726 e. The predicted molar refractivity (Wildman–Crippen MR) is 93.6 cm³/mol. The number of amides is 1. The fourth-order valence-electron chi connectivity index (χ4n) is 3.13. The number of rotatable bonds is 9. The molecule has 4 N–H and O–H groups in total. The van der Waals surface area contributed by atoms with E-state index in [1.54, 1.807) is 0 Å². The molecule has 1 saturated heterocycles. The first-order valence-electron chi connectivity index (χ1n) is 8.95. The van der Waals surface area contributed by atoms with Crippen LogP contribution < -0.4 is 99.1 Å². The van der Waals surface area contributed by atoms with Gasteiger partial charge in [0.1, 0.15) is 42.2 Å². The number of aliphatic carboxylic acids is 1. The SMILES string of the molecule is CC(=O)N[C@H]1C(O)O[C@H](CO)[C@H](OS(=O)(=O)[O-])[C@@H]1OC1OC(C(=O)[O-])=C[C@H](O)[C@H]1OS(=O)(=O)[O-].[Na+].[Na+].[Na+]. The van der Waals surface area contributed by atoms with Crippen LogP contribution in [0.1, 0.15) is 6.92 Å². The van der Waals surface area contributed by atoms with Gasteiger partial charge in [0.15, 0.2) is 12.4 Å². The van der Waals surface area contributed by atoms with Crippen LogP contribution in [-0.4, -0.2) is 109 Å². The first kappa shape index (κ1) is 40.2. The van der Waals surface area contributed by atoms with E-state index in [4.69, 9.17) is 14.2 Å². The molecule has 2 aliphatic rings. The maximum atomic E-state index is 11.6. The van der Waals surface area contributed by atoms with Crippen LogP contribution in [0.2, 0.25) is 0 Å². The molecule has 37 heavy (non-hydrogen) atoms. The molecule has 2 unspecified atom stereocenters. The summed E-state index contributed by atoms with van der Waals surface area (Å²) in [5, 5.41) is 42.9. The summed E-state index contributed by atoms with van der Waals surface area (Å²) in [5.74, 6) is -4.08. The molecule has 23 heteroatoms. The zero-order chi connectivity index (χ0) is 26.0. The number of ether oxygens (including phenoxy) is 3. The van der Waals surface area contributed by atoms with Crippen molar-refractivity contribution in [3.63, 3.8) is 0 Å². The molecule has 0 spiro atoms. The fourth-order valence-corrected chi connectivity index (χ4v) is 4.11. The van der Waals surface area contributed by atoms with Gasteiger partial charge in [-0.15, -0.1) is 0 Å². The van der Waals surface area contributed by atoms with Gasteiger partial charge in [0.2, 0.25) is 33.0 Å². The van der Waals surface area contributed by atoms with Crippen molar-refractivity contribution < 1.29 is 167 Å². The van der Waals surface area contributed by atoms with Crippen molar-refractivity contribution in [3.8, 4) is 0 Å². The van der Waals surface area contributed by atoms with Crippen LogP contribution in [0.4, 0.5) is 0 Å². The molecule has 0 radical (unpaired) electrons. The van der Waals surface area contributed by atoms with E-state index in [2.05, 4.69) is 13.7 Å². The van der Waals surface area contributed by atoms with Crippen molar-refractivity contribution in [2.45, 2.75) is 56.1 Å². The van der Waals surface area contributed by atoms with E-state index in [1.807, 2.05) is 0 Å². The van der Waals surface area contributed by atoms with Gasteiger partial charge in [0.25, 0.3) is 0 Å². The Balaban J connectivity index is 0. The third-order valence-corrected chi connectivity index (χ3v) is 5.25. The third-order valence-electron chi connectivity index (χ3n) is 4.34. The molecule has 2 aliphatic heterocycles. The summed E-state index contributed by atoms with van der Waals surface area (Å²) in [7, 11) is -11.2. The number of carbonyl (C=O) groups excluding carboxylic acids is 2. The Hall–Kier alpha value is 1.02. The molecule has 2 rings (SSSR count). The van der Waals surface area contributed by atoms with Crippen LogP contribution in [0.25, 0.3) is 0 Å². The maximum Gasteiger partial charge on any atom is 1.00 e. The van der Waals surface area contributed by atoms with E-state index < -0.39 is 94.2 Å². The van der Waals surface area contributed by atoms with E-state index in [0.717, 1.165) is 6.92 Å². The van der Waals surface area contributed by atoms with E-state index in [1.165, 1.54) is 0 Å². The Morgan fingerprint density at radius 2 is 1.54 bits per heavy atom. The van der Waals surface area contributed by atoms with Crippen molar-refractivity contribution in [2.24, 2.45) is 0 Å². The molecule has 0 aromatic heterocycles. The molecule has 18 nitrogen and oxygen atoms in total. The third kappa shape index (κ3) is 12.2. The Kier molecular flexibility index (Phi) is 17.9. The second-order valence-corrected chi connectivity index (χ2v) is 8.83. The van der Waals surface area contributed by atoms with Crippen molar-refractivity contribution in [1.82, 2.24) is 5.32 Å². The van der Waals surface area contributed by atoms with Crippen LogP contribution in [0, 0.1) is 0 Å². The van der Waals surface area contributed by atoms with Crippen LogP contribution in [0.15, 0.2) is 11.8 Å². The van der Waals surface area contributed by atoms with Gasteiger partial charge in [-0.2, -0.15) is 0 Å². The Labute approximate surface area is 276 Å². The quantitative estimate of drug-likeness (QED) is 0.108. The molecular formula is C14H18NNa3O17S2. The first-order valence-corrected chi connectivity index (χ1v) is 11.6. The monoisotopic (exact) mass is 605 g/mol. The van der Waals surface area contributed by atoms with Crippen LogP contribution in [-0.2, 0) is 53.0 Å². The molecule has 196 valence electrons. The van der Waals surface area contributed by atoms with Gasteiger partial charge in [0.05, 0.1) is 6.61 Å². The smallest absolute Gasteiger partial charge is 0.726 e. The summed E-state index contributed by atoms with van der Waals surface area (Å²) in [6.45, 7) is -0.174. The molecule has 8 atom stereocenters. The van der Waals surface area contributed by atoms with Gasteiger partial charge in [0, 0.05) is 6.92 Å². The summed E-state index contributed by atoms with van der Waals surface area (Å²) in [5.41, 5.74) is 0. The van der Waals surface area contributed by atoms with Crippen molar-refractivity contribution in [3.05, 3.63) is 11.8 Å². The fraction of sp³-hybridized carbons (Fsp3) is 0.714. The molecular weight excluding hydrogens is 587 g/mol. The largest absolute Gasteiger partial charge is 1.00 e. The summed E-state index contributed by atoms with van der Waals surface area (Å²) >= 11 is 0. The Bertz CT molecular complexity index is 1020. The second kappa shape index (κ2) is 16.5. The molecule has 0 aromatic carbocycles. The van der Waals surface area contributed by atoms with Crippen LogP contribution in [0.5, 0.6) is 0 Å². The Morgan fingerprint density at radius 1 is 1.03 bits per heavy atom. The number of aliphatic hydroxyl groups excluding tert-OH is 3. The minimum atomic E-state index is -5.59. The summed E-state index contributed by atoms with van der Waals surface area (Å²) in [6.07, 6.45) is -14.7. The molecule has 1 amide bonds. The van der Waals surface area contributed by atoms with Gasteiger partial charge < -0.3 is 53.9 Å². The molecule has 0 aromatic rings. The number of carbonyl (C=O) groups is 2. The van der Waals surface area contributed by atoms with Gasteiger partial charge in [-0.05, 0) is 6.08 Å². The predicted octanol–water partition coefficient (Wildman–Crippen LogP) is -15.4. The van der Waals surface area contributed by atoms with E-state index in [9.17, 15) is 56.0 Å². The molecule has 0 aliphatic carbocycles.